The summed E-state index contributed by atoms with van der Waals surface area (Å²) in [7, 11) is -4.13. The van der Waals surface area contributed by atoms with Crippen molar-refractivity contribution >= 4 is 21.6 Å². The Labute approximate surface area is 205 Å². The third-order valence-electron chi connectivity index (χ3n) is 6.12. The van der Waals surface area contributed by atoms with E-state index in [0.29, 0.717) is 18.0 Å². The van der Waals surface area contributed by atoms with Crippen molar-refractivity contribution in [3.63, 3.8) is 0 Å². The summed E-state index contributed by atoms with van der Waals surface area (Å²) in [5, 5.41) is 2.92. The number of hydrogen-bond donors (Lipinski definition) is 1. The van der Waals surface area contributed by atoms with Gasteiger partial charge in [-0.2, -0.15) is 0 Å². The lowest BCUT2D eigenvalue weighted by Crippen LogP contribution is -2.41. The van der Waals surface area contributed by atoms with Gasteiger partial charge in [0.05, 0.1) is 23.2 Å². The number of nitrogens with zero attached hydrogens (tertiary/aromatic N) is 1. The van der Waals surface area contributed by atoms with Crippen molar-refractivity contribution < 1.29 is 22.3 Å². The monoisotopic (exact) mass is 496 g/mol. The second-order valence-corrected chi connectivity index (χ2v) is 10.4. The summed E-state index contributed by atoms with van der Waals surface area (Å²) in [5.74, 6) is -0.403. The molecule has 3 aromatic carbocycles. The van der Waals surface area contributed by atoms with Gasteiger partial charge in [-0.1, -0.05) is 18.2 Å². The van der Waals surface area contributed by atoms with Gasteiger partial charge in [-0.3, -0.25) is 9.10 Å². The van der Waals surface area contributed by atoms with Crippen LogP contribution in [-0.2, 0) is 27.7 Å². The van der Waals surface area contributed by atoms with Crippen molar-refractivity contribution in [1.29, 1.82) is 0 Å². The minimum atomic E-state index is -4.13. The first kappa shape index (κ1) is 24.7. The average Bonchev–Trinajstić information content (AvgIpc) is 3.31. The van der Waals surface area contributed by atoms with E-state index in [0.717, 1.165) is 41.3 Å². The number of rotatable bonds is 9. The molecule has 0 spiro atoms. The van der Waals surface area contributed by atoms with Gasteiger partial charge in [-0.05, 0) is 98.3 Å². The summed E-state index contributed by atoms with van der Waals surface area (Å²) in [5.41, 5.74) is 3.93. The smallest absolute Gasteiger partial charge is 0.264 e. The molecule has 1 amide bonds. The lowest BCUT2D eigenvalue weighted by molar-refractivity contribution is -0.120. The number of aryl methyl sites for hydroxylation is 2. The first-order chi connectivity index (χ1) is 16.8. The number of hydrogen-bond acceptors (Lipinski definition) is 4. The molecule has 1 aliphatic carbocycles. The molecule has 184 valence electrons. The number of carbonyl (C=O) groups excluding carboxylic acids is 1. The van der Waals surface area contributed by atoms with Crippen molar-refractivity contribution in [3.8, 4) is 5.75 Å². The van der Waals surface area contributed by atoms with Gasteiger partial charge in [0.1, 0.15) is 18.1 Å². The van der Waals surface area contributed by atoms with Crippen molar-refractivity contribution in [2.75, 3.05) is 17.5 Å². The molecule has 4 rings (SSSR count). The molecule has 1 unspecified atom stereocenters. The van der Waals surface area contributed by atoms with E-state index in [-0.39, 0.29) is 10.9 Å². The van der Waals surface area contributed by atoms with Crippen molar-refractivity contribution in [2.45, 2.75) is 44.0 Å². The van der Waals surface area contributed by atoms with E-state index in [4.69, 9.17) is 4.74 Å². The van der Waals surface area contributed by atoms with Gasteiger partial charge in [-0.25, -0.2) is 12.8 Å². The Morgan fingerprint density at radius 2 is 1.71 bits per heavy atom. The normalized spacial score (nSPS) is 13.7. The predicted octanol–water partition coefficient (Wildman–Crippen LogP) is 4.79. The number of nitrogens with one attached hydrogen (secondary N) is 1. The molecule has 1 aliphatic rings. The summed E-state index contributed by atoms with van der Waals surface area (Å²) in [6, 6.07) is 17.0. The van der Waals surface area contributed by atoms with Crippen LogP contribution in [0.4, 0.5) is 10.1 Å². The number of anilines is 1. The highest BCUT2D eigenvalue weighted by Gasteiger charge is 2.28. The number of carbonyl (C=O) groups is 1. The van der Waals surface area contributed by atoms with Gasteiger partial charge >= 0.3 is 0 Å². The van der Waals surface area contributed by atoms with Crippen LogP contribution in [0.15, 0.2) is 71.6 Å². The summed E-state index contributed by atoms with van der Waals surface area (Å²) in [6.07, 6.45) is 3.25. The number of sulfonamides is 1. The highest BCUT2D eigenvalue weighted by molar-refractivity contribution is 7.92. The number of halogens is 1. The zero-order valence-electron chi connectivity index (χ0n) is 19.8. The van der Waals surface area contributed by atoms with Crippen molar-refractivity contribution in [3.05, 3.63) is 89.2 Å². The predicted molar refractivity (Wildman–Crippen MR) is 134 cm³/mol. The third-order valence-corrected chi connectivity index (χ3v) is 7.91. The number of benzene rings is 3. The molecule has 0 aromatic heterocycles. The Hall–Kier alpha value is -3.39. The topological polar surface area (TPSA) is 75.7 Å². The van der Waals surface area contributed by atoms with Crippen molar-refractivity contribution in [2.24, 2.45) is 0 Å². The molecule has 0 saturated heterocycles. The molecule has 1 N–H and O–H groups in total. The quantitative estimate of drug-likeness (QED) is 0.462. The molecule has 0 radical (unpaired) electrons. The van der Waals surface area contributed by atoms with Crippen LogP contribution >= 0.6 is 0 Å². The van der Waals surface area contributed by atoms with Crippen LogP contribution in [0, 0.1) is 5.82 Å². The van der Waals surface area contributed by atoms with Crippen molar-refractivity contribution in [1.82, 2.24) is 5.32 Å². The van der Waals surface area contributed by atoms with Gasteiger partial charge in [0, 0.05) is 0 Å². The highest BCUT2D eigenvalue weighted by atomic mass is 32.2. The van der Waals surface area contributed by atoms with E-state index in [1.165, 1.54) is 23.3 Å². The summed E-state index contributed by atoms with van der Waals surface area (Å²) < 4.78 is 46.8. The first-order valence-corrected chi connectivity index (χ1v) is 13.1. The Morgan fingerprint density at radius 3 is 2.40 bits per heavy atom. The van der Waals surface area contributed by atoms with Crippen LogP contribution in [0.1, 0.15) is 43.0 Å². The molecule has 6 nitrogen and oxygen atoms in total. The molecular formula is C27H29FN2O4S. The second-order valence-electron chi connectivity index (χ2n) is 8.56. The van der Waals surface area contributed by atoms with Gasteiger partial charge in [0.25, 0.3) is 10.0 Å². The maximum Gasteiger partial charge on any atom is 0.264 e. The molecule has 3 aromatic rings. The maximum atomic E-state index is 13.5. The summed E-state index contributed by atoms with van der Waals surface area (Å²) in [4.78, 5) is 12.9. The zero-order valence-corrected chi connectivity index (χ0v) is 20.6. The van der Waals surface area contributed by atoms with Gasteiger partial charge < -0.3 is 10.1 Å². The minimum absolute atomic E-state index is 0.104. The fraction of sp³-hybridized carbons (Fsp3) is 0.296. The number of amides is 1. The molecule has 8 heteroatoms. The Kier molecular flexibility index (Phi) is 7.40. The van der Waals surface area contributed by atoms with E-state index < -0.39 is 28.3 Å². The molecule has 35 heavy (non-hydrogen) atoms. The fourth-order valence-corrected chi connectivity index (χ4v) is 5.71. The lowest BCUT2D eigenvalue weighted by Gasteiger charge is -2.25. The largest absolute Gasteiger partial charge is 0.494 e. The SMILES string of the molecule is CCOc1ccc(N(CC(=O)NC(C)c2ccc3c(c2)CCC3)S(=O)(=O)c2ccc(F)cc2)cc1. The number of ether oxygens (including phenoxy) is 1. The summed E-state index contributed by atoms with van der Waals surface area (Å²) in [6.45, 7) is 3.78. The maximum absolute atomic E-state index is 13.5. The molecule has 0 bridgehead atoms. The first-order valence-electron chi connectivity index (χ1n) is 11.7. The number of fused-ring (bicyclic) bond motifs is 1. The van der Waals surface area contributed by atoms with Crippen LogP contribution in [-0.4, -0.2) is 27.5 Å². The zero-order chi connectivity index (χ0) is 25.0. The summed E-state index contributed by atoms with van der Waals surface area (Å²) >= 11 is 0. The Morgan fingerprint density at radius 1 is 1.03 bits per heavy atom. The fourth-order valence-electron chi connectivity index (χ4n) is 4.29. The van der Waals surface area contributed by atoms with Crippen LogP contribution in [0.25, 0.3) is 0 Å². The second kappa shape index (κ2) is 10.5. The van der Waals surface area contributed by atoms with Crippen LogP contribution < -0.4 is 14.4 Å². The average molecular weight is 497 g/mol. The Bertz CT molecular complexity index is 1290. The van der Waals surface area contributed by atoms with E-state index >= 15 is 0 Å². The molecule has 0 fully saturated rings. The molecule has 0 saturated carbocycles. The van der Waals surface area contributed by atoms with Gasteiger partial charge in [-0.15, -0.1) is 0 Å². The molecule has 0 aliphatic heterocycles. The molecule has 1 atom stereocenters. The molecular weight excluding hydrogens is 467 g/mol. The van der Waals surface area contributed by atoms with E-state index in [1.807, 2.05) is 19.9 Å². The van der Waals surface area contributed by atoms with Crippen LogP contribution in [0.2, 0.25) is 0 Å². The lowest BCUT2D eigenvalue weighted by atomic mass is 10.0. The Balaban J connectivity index is 1.58. The minimum Gasteiger partial charge on any atom is -0.494 e. The van der Waals surface area contributed by atoms with Crippen LogP contribution in [0.3, 0.4) is 0 Å². The van der Waals surface area contributed by atoms with E-state index in [2.05, 4.69) is 17.4 Å². The molecule has 0 heterocycles. The third kappa shape index (κ3) is 5.65. The highest BCUT2D eigenvalue weighted by Crippen LogP contribution is 2.27. The van der Waals surface area contributed by atoms with E-state index in [1.54, 1.807) is 24.3 Å². The van der Waals surface area contributed by atoms with Gasteiger partial charge in [0.15, 0.2) is 0 Å². The van der Waals surface area contributed by atoms with Gasteiger partial charge in [0.2, 0.25) is 5.91 Å². The standard InChI is InChI=1S/C27H29FN2O4S/c1-3-34-25-13-11-24(12-14-25)30(35(32,33)26-15-9-23(28)10-16-26)18-27(31)29-19(2)21-8-7-20-5-4-6-22(20)17-21/h7-17,19H,3-6,18H2,1-2H3,(H,29,31). The van der Waals surface area contributed by atoms with Crippen LogP contribution in [0.5, 0.6) is 5.75 Å². The van der Waals surface area contributed by atoms with E-state index in [9.17, 15) is 17.6 Å².